The average Bonchev–Trinajstić information content (AvgIpc) is 2.75. The maximum Gasteiger partial charge on any atom is 0.144 e. The quantitative estimate of drug-likeness (QED) is 0.859. The lowest BCUT2D eigenvalue weighted by Crippen LogP contribution is -2.12. The van der Waals surface area contributed by atoms with Crippen molar-refractivity contribution in [3.63, 3.8) is 0 Å². The van der Waals surface area contributed by atoms with Crippen LogP contribution in [0.5, 0.6) is 0 Å². The second-order valence-corrected chi connectivity index (χ2v) is 4.32. The molecule has 0 aliphatic carbocycles. The Morgan fingerprint density at radius 2 is 2.00 bits per heavy atom. The van der Waals surface area contributed by atoms with Crippen LogP contribution in [0, 0.1) is 0 Å². The van der Waals surface area contributed by atoms with Crippen LogP contribution in [0.4, 0.5) is 0 Å². The molecular formula is C14H17N3O. The number of rotatable bonds is 5. The summed E-state index contributed by atoms with van der Waals surface area (Å²) in [5.74, 6) is 0.954. The van der Waals surface area contributed by atoms with E-state index in [2.05, 4.69) is 4.98 Å². The summed E-state index contributed by atoms with van der Waals surface area (Å²) in [5.41, 5.74) is 7.70. The Bertz CT molecular complexity index is 545. The SMILES string of the molecule is Cn1ccnc1CC(=O)Cc1ccccc1CN. The second-order valence-electron chi connectivity index (χ2n) is 4.32. The third kappa shape index (κ3) is 2.84. The number of Topliss-reactive ketones (excluding diaryl/α,β-unsaturated/α-hetero) is 1. The Balaban J connectivity index is 2.05. The lowest BCUT2D eigenvalue weighted by Gasteiger charge is -2.06. The van der Waals surface area contributed by atoms with E-state index in [0.29, 0.717) is 19.4 Å². The van der Waals surface area contributed by atoms with Crippen LogP contribution in [-0.2, 0) is 31.2 Å². The van der Waals surface area contributed by atoms with Crippen LogP contribution in [0.3, 0.4) is 0 Å². The molecule has 2 aromatic rings. The number of nitrogens with two attached hydrogens (primary N) is 1. The maximum absolute atomic E-state index is 12.0. The topological polar surface area (TPSA) is 60.9 Å². The molecule has 18 heavy (non-hydrogen) atoms. The van der Waals surface area contributed by atoms with Crippen LogP contribution in [0.1, 0.15) is 17.0 Å². The number of hydrogen-bond donors (Lipinski definition) is 1. The first-order valence-electron chi connectivity index (χ1n) is 5.95. The van der Waals surface area contributed by atoms with Crippen molar-refractivity contribution in [2.75, 3.05) is 0 Å². The lowest BCUT2D eigenvalue weighted by atomic mass is 10.0. The van der Waals surface area contributed by atoms with Crippen molar-refractivity contribution in [3.8, 4) is 0 Å². The summed E-state index contributed by atoms with van der Waals surface area (Å²) >= 11 is 0. The van der Waals surface area contributed by atoms with Gasteiger partial charge >= 0.3 is 0 Å². The summed E-state index contributed by atoms with van der Waals surface area (Å²) in [6.45, 7) is 0.464. The van der Waals surface area contributed by atoms with Crippen LogP contribution in [0.2, 0.25) is 0 Å². The predicted octanol–water partition coefficient (Wildman–Crippen LogP) is 1.23. The fraction of sp³-hybridized carbons (Fsp3) is 0.286. The van der Waals surface area contributed by atoms with Gasteiger partial charge in [-0.05, 0) is 11.1 Å². The van der Waals surface area contributed by atoms with Crippen molar-refractivity contribution in [1.29, 1.82) is 0 Å². The molecule has 0 saturated heterocycles. The lowest BCUT2D eigenvalue weighted by molar-refractivity contribution is -0.117. The molecule has 0 radical (unpaired) electrons. The number of nitrogens with zero attached hydrogens (tertiary/aromatic N) is 2. The van der Waals surface area contributed by atoms with Crippen LogP contribution < -0.4 is 5.73 Å². The molecule has 4 heteroatoms. The summed E-state index contributed by atoms with van der Waals surface area (Å²) < 4.78 is 1.87. The highest BCUT2D eigenvalue weighted by Crippen LogP contribution is 2.10. The summed E-state index contributed by atoms with van der Waals surface area (Å²) in [5, 5.41) is 0. The van der Waals surface area contributed by atoms with Crippen molar-refractivity contribution in [1.82, 2.24) is 9.55 Å². The Kier molecular flexibility index (Phi) is 3.89. The zero-order chi connectivity index (χ0) is 13.0. The first kappa shape index (κ1) is 12.5. The van der Waals surface area contributed by atoms with E-state index in [4.69, 9.17) is 5.73 Å². The van der Waals surface area contributed by atoms with Crippen molar-refractivity contribution in [3.05, 3.63) is 53.6 Å². The van der Waals surface area contributed by atoms with Crippen LogP contribution in [0.25, 0.3) is 0 Å². The van der Waals surface area contributed by atoms with Gasteiger partial charge in [0.25, 0.3) is 0 Å². The monoisotopic (exact) mass is 243 g/mol. The molecule has 0 aliphatic rings. The highest BCUT2D eigenvalue weighted by Gasteiger charge is 2.10. The van der Waals surface area contributed by atoms with E-state index >= 15 is 0 Å². The number of hydrogen-bond acceptors (Lipinski definition) is 3. The van der Waals surface area contributed by atoms with Crippen molar-refractivity contribution in [2.45, 2.75) is 19.4 Å². The van der Waals surface area contributed by atoms with E-state index in [1.54, 1.807) is 6.20 Å². The molecule has 0 atom stereocenters. The molecule has 0 fully saturated rings. The van der Waals surface area contributed by atoms with Crippen LogP contribution in [0.15, 0.2) is 36.7 Å². The minimum absolute atomic E-state index is 0.158. The van der Waals surface area contributed by atoms with Crippen molar-refractivity contribution >= 4 is 5.78 Å². The van der Waals surface area contributed by atoms with E-state index in [0.717, 1.165) is 17.0 Å². The third-order valence-corrected chi connectivity index (χ3v) is 3.00. The Labute approximate surface area is 106 Å². The van der Waals surface area contributed by atoms with Crippen LogP contribution >= 0.6 is 0 Å². The molecular weight excluding hydrogens is 226 g/mol. The number of imidazole rings is 1. The van der Waals surface area contributed by atoms with E-state index in [1.807, 2.05) is 42.1 Å². The average molecular weight is 243 g/mol. The second kappa shape index (κ2) is 5.60. The number of aryl methyl sites for hydroxylation is 1. The Morgan fingerprint density at radius 3 is 2.61 bits per heavy atom. The number of carbonyl (C=O) groups excluding carboxylic acids is 1. The maximum atomic E-state index is 12.0. The molecule has 0 spiro atoms. The molecule has 0 unspecified atom stereocenters. The molecule has 94 valence electrons. The highest BCUT2D eigenvalue weighted by atomic mass is 16.1. The first-order chi connectivity index (χ1) is 8.70. The van der Waals surface area contributed by atoms with Crippen LogP contribution in [-0.4, -0.2) is 15.3 Å². The van der Waals surface area contributed by atoms with Gasteiger partial charge in [-0.1, -0.05) is 24.3 Å². The van der Waals surface area contributed by atoms with Gasteiger partial charge in [-0.15, -0.1) is 0 Å². The van der Waals surface area contributed by atoms with Gasteiger partial charge < -0.3 is 10.3 Å². The zero-order valence-electron chi connectivity index (χ0n) is 10.5. The molecule has 4 nitrogen and oxygen atoms in total. The van der Waals surface area contributed by atoms with Crippen molar-refractivity contribution in [2.24, 2.45) is 12.8 Å². The van der Waals surface area contributed by atoms with E-state index < -0.39 is 0 Å². The van der Waals surface area contributed by atoms with Gasteiger partial charge in [0.05, 0.1) is 6.42 Å². The van der Waals surface area contributed by atoms with E-state index in [-0.39, 0.29) is 5.78 Å². The first-order valence-corrected chi connectivity index (χ1v) is 5.95. The molecule has 2 rings (SSSR count). The number of aromatic nitrogens is 2. The Morgan fingerprint density at radius 1 is 1.28 bits per heavy atom. The molecule has 0 amide bonds. The Hall–Kier alpha value is -1.94. The summed E-state index contributed by atoms with van der Waals surface area (Å²) in [6, 6.07) is 7.79. The molecule has 1 aromatic heterocycles. The number of benzene rings is 1. The normalized spacial score (nSPS) is 10.6. The molecule has 1 aromatic carbocycles. The summed E-state index contributed by atoms with van der Waals surface area (Å²) in [6.07, 6.45) is 4.33. The smallest absolute Gasteiger partial charge is 0.144 e. The molecule has 2 N–H and O–H groups in total. The van der Waals surface area contributed by atoms with Crippen molar-refractivity contribution < 1.29 is 4.79 Å². The van der Waals surface area contributed by atoms with Gasteiger partial charge in [0, 0.05) is 32.4 Å². The molecule has 0 saturated carbocycles. The van der Waals surface area contributed by atoms with Gasteiger partial charge in [-0.3, -0.25) is 4.79 Å². The predicted molar refractivity (Wildman–Crippen MR) is 70.0 cm³/mol. The van der Waals surface area contributed by atoms with Gasteiger partial charge in [-0.2, -0.15) is 0 Å². The van der Waals surface area contributed by atoms with Gasteiger partial charge in [0.1, 0.15) is 11.6 Å². The molecule has 0 bridgehead atoms. The minimum atomic E-state index is 0.158. The van der Waals surface area contributed by atoms with E-state index in [9.17, 15) is 4.79 Å². The number of carbonyl (C=O) groups is 1. The van der Waals surface area contributed by atoms with Gasteiger partial charge in [0.2, 0.25) is 0 Å². The minimum Gasteiger partial charge on any atom is -0.338 e. The highest BCUT2D eigenvalue weighted by molar-refractivity contribution is 5.82. The van der Waals surface area contributed by atoms with E-state index in [1.165, 1.54) is 0 Å². The van der Waals surface area contributed by atoms with Gasteiger partial charge in [0.15, 0.2) is 0 Å². The summed E-state index contributed by atoms with van der Waals surface area (Å²) in [4.78, 5) is 16.2. The molecule has 0 aliphatic heterocycles. The largest absolute Gasteiger partial charge is 0.338 e. The fourth-order valence-electron chi connectivity index (χ4n) is 1.95. The number of ketones is 1. The summed E-state index contributed by atoms with van der Waals surface area (Å²) in [7, 11) is 1.89. The standard InChI is InChI=1S/C14H17N3O/c1-17-7-6-16-14(17)9-13(18)8-11-4-2-3-5-12(11)10-15/h2-7H,8-10,15H2,1H3. The zero-order valence-corrected chi connectivity index (χ0v) is 10.5. The van der Waals surface area contributed by atoms with Gasteiger partial charge in [-0.25, -0.2) is 4.98 Å². The molecule has 1 heterocycles. The third-order valence-electron chi connectivity index (χ3n) is 3.00. The fourth-order valence-corrected chi connectivity index (χ4v) is 1.95.